The molecule has 1 aromatic rings. The van der Waals surface area contributed by atoms with Gasteiger partial charge in [-0.25, -0.2) is 0 Å². The van der Waals surface area contributed by atoms with Gasteiger partial charge >= 0.3 is 0 Å². The predicted molar refractivity (Wildman–Crippen MR) is 41.5 cm³/mol. The van der Waals surface area contributed by atoms with Gasteiger partial charge in [-0.15, -0.1) is 11.3 Å². The van der Waals surface area contributed by atoms with E-state index >= 15 is 0 Å². The van der Waals surface area contributed by atoms with Crippen LogP contribution in [0.2, 0.25) is 0 Å². The Morgan fingerprint density at radius 3 is 2.67 bits per heavy atom. The molecule has 1 aromatic heterocycles. The van der Waals surface area contributed by atoms with Crippen molar-refractivity contribution in [1.29, 1.82) is 5.26 Å². The number of rotatable bonds is 0. The molecule has 0 aliphatic carbocycles. The molecule has 0 aliphatic heterocycles. The van der Waals surface area contributed by atoms with E-state index in [0.717, 1.165) is 14.9 Å². The molecule has 1 heterocycles. The Hall–Kier alpha value is -0.330. The Bertz CT molecular complexity index is 239. The van der Waals surface area contributed by atoms with Gasteiger partial charge in [-0.1, -0.05) is 0 Å². The fourth-order valence-electron chi connectivity index (χ4n) is 0.545. The maximum atomic E-state index is 8.51. The lowest BCUT2D eigenvalue weighted by atomic mass is 10.2. The maximum Gasteiger partial charge on any atom is 0.101 e. The lowest BCUT2D eigenvalue weighted by Crippen LogP contribution is -1.70. The average Bonchev–Trinajstić information content (AvgIpc) is 2.12. The minimum atomic E-state index is 0.764. The highest BCUT2D eigenvalue weighted by molar-refractivity contribution is 9.11. The molecule has 0 aliphatic rings. The number of hydrogen-bond donors (Lipinski definition) is 0. The zero-order valence-corrected chi connectivity index (χ0v) is 7.21. The van der Waals surface area contributed by atoms with Gasteiger partial charge in [-0.05, 0) is 33.8 Å². The second-order valence-corrected chi connectivity index (χ2v) is 3.88. The molecule has 1 rings (SSSR count). The molecule has 0 atom stereocenters. The van der Waals surface area contributed by atoms with E-state index in [-0.39, 0.29) is 0 Å². The summed E-state index contributed by atoms with van der Waals surface area (Å²) in [5, 5.41) is 10.5. The molecule has 0 bridgehead atoms. The third-order valence-electron chi connectivity index (χ3n) is 1.04. The second-order valence-electron chi connectivity index (χ2n) is 1.68. The standard InChI is InChI=1S/C6H4BrNS/c1-4-3-9-6(7)5(4)2-8/h3H,1H3. The monoisotopic (exact) mass is 201 g/mol. The van der Waals surface area contributed by atoms with Gasteiger partial charge in [0.2, 0.25) is 0 Å². The number of hydrogen-bond acceptors (Lipinski definition) is 2. The van der Waals surface area contributed by atoms with Gasteiger partial charge in [-0.2, -0.15) is 5.26 Å². The summed E-state index contributed by atoms with van der Waals surface area (Å²) >= 11 is 4.82. The highest BCUT2D eigenvalue weighted by Gasteiger charge is 2.02. The van der Waals surface area contributed by atoms with Crippen LogP contribution in [0.25, 0.3) is 0 Å². The van der Waals surface area contributed by atoms with Crippen LogP contribution in [0.15, 0.2) is 9.17 Å². The lowest BCUT2D eigenvalue weighted by molar-refractivity contribution is 1.44. The molecule has 0 aromatic carbocycles. The van der Waals surface area contributed by atoms with Gasteiger partial charge < -0.3 is 0 Å². The van der Waals surface area contributed by atoms with E-state index < -0.39 is 0 Å². The number of nitrogens with zero attached hydrogens (tertiary/aromatic N) is 1. The van der Waals surface area contributed by atoms with Crippen molar-refractivity contribution in [3.8, 4) is 6.07 Å². The summed E-state index contributed by atoms with van der Waals surface area (Å²) in [4.78, 5) is 0. The topological polar surface area (TPSA) is 23.8 Å². The van der Waals surface area contributed by atoms with Crippen LogP contribution < -0.4 is 0 Å². The summed E-state index contributed by atoms with van der Waals surface area (Å²) in [5.41, 5.74) is 1.81. The largest absolute Gasteiger partial charge is 0.192 e. The Morgan fingerprint density at radius 1 is 1.78 bits per heavy atom. The Balaban J connectivity index is 3.27. The molecule has 0 amide bonds. The molecule has 0 radical (unpaired) electrons. The molecule has 1 nitrogen and oxygen atoms in total. The normalized spacial score (nSPS) is 9.00. The van der Waals surface area contributed by atoms with E-state index in [0.29, 0.717) is 0 Å². The highest BCUT2D eigenvalue weighted by Crippen LogP contribution is 2.26. The molecule has 0 fully saturated rings. The molecule has 3 heteroatoms. The minimum absolute atomic E-state index is 0.764. The quantitative estimate of drug-likeness (QED) is 0.634. The van der Waals surface area contributed by atoms with Crippen molar-refractivity contribution in [3.05, 3.63) is 20.3 Å². The van der Waals surface area contributed by atoms with Crippen LogP contribution in [0.3, 0.4) is 0 Å². The third kappa shape index (κ3) is 1.15. The average molecular weight is 202 g/mol. The number of nitriles is 1. The van der Waals surface area contributed by atoms with Crippen molar-refractivity contribution in [1.82, 2.24) is 0 Å². The summed E-state index contributed by atoms with van der Waals surface area (Å²) in [5.74, 6) is 0. The smallest absolute Gasteiger partial charge is 0.101 e. The predicted octanol–water partition coefficient (Wildman–Crippen LogP) is 2.69. The van der Waals surface area contributed by atoms with Gasteiger partial charge in [0.1, 0.15) is 6.07 Å². The molecule has 0 N–H and O–H groups in total. The van der Waals surface area contributed by atoms with Crippen LogP contribution in [0.5, 0.6) is 0 Å². The van der Waals surface area contributed by atoms with E-state index in [1.54, 1.807) is 11.3 Å². The van der Waals surface area contributed by atoms with Gasteiger partial charge in [0.15, 0.2) is 0 Å². The first-order valence-corrected chi connectivity index (χ1v) is 4.06. The summed E-state index contributed by atoms with van der Waals surface area (Å²) in [7, 11) is 0. The van der Waals surface area contributed by atoms with Crippen LogP contribution in [-0.2, 0) is 0 Å². The third-order valence-corrected chi connectivity index (χ3v) is 2.88. The first-order chi connectivity index (χ1) is 4.25. The van der Waals surface area contributed by atoms with Crippen molar-refractivity contribution in [2.45, 2.75) is 6.92 Å². The Kier molecular flexibility index (Phi) is 1.89. The van der Waals surface area contributed by atoms with Crippen LogP contribution in [-0.4, -0.2) is 0 Å². The lowest BCUT2D eigenvalue weighted by Gasteiger charge is -1.81. The summed E-state index contributed by atoms with van der Waals surface area (Å²) in [6, 6.07) is 2.11. The minimum Gasteiger partial charge on any atom is -0.192 e. The van der Waals surface area contributed by atoms with Crippen LogP contribution in [0.4, 0.5) is 0 Å². The van der Waals surface area contributed by atoms with Crippen molar-refractivity contribution < 1.29 is 0 Å². The van der Waals surface area contributed by atoms with Gasteiger partial charge in [0.25, 0.3) is 0 Å². The zero-order chi connectivity index (χ0) is 6.85. The van der Waals surface area contributed by atoms with E-state index in [1.165, 1.54) is 0 Å². The molecule has 0 saturated heterocycles. The molecule has 0 spiro atoms. The van der Waals surface area contributed by atoms with Crippen LogP contribution >= 0.6 is 27.3 Å². The van der Waals surface area contributed by atoms with Gasteiger partial charge in [0, 0.05) is 0 Å². The van der Waals surface area contributed by atoms with Crippen LogP contribution in [0.1, 0.15) is 11.1 Å². The van der Waals surface area contributed by atoms with Crippen molar-refractivity contribution in [3.63, 3.8) is 0 Å². The molecule has 9 heavy (non-hydrogen) atoms. The highest BCUT2D eigenvalue weighted by atomic mass is 79.9. The Morgan fingerprint density at radius 2 is 2.44 bits per heavy atom. The molecule has 0 saturated carbocycles. The van der Waals surface area contributed by atoms with Crippen LogP contribution in [0, 0.1) is 18.3 Å². The van der Waals surface area contributed by atoms with Crippen molar-refractivity contribution >= 4 is 27.3 Å². The van der Waals surface area contributed by atoms with Crippen molar-refractivity contribution in [2.24, 2.45) is 0 Å². The number of halogens is 1. The fourth-order valence-corrected chi connectivity index (χ4v) is 1.95. The fraction of sp³-hybridized carbons (Fsp3) is 0.167. The maximum absolute atomic E-state index is 8.51. The molecule has 46 valence electrons. The molecule has 0 unspecified atom stereocenters. The number of thiophene rings is 1. The Labute approximate surface area is 66.1 Å². The summed E-state index contributed by atoms with van der Waals surface area (Å²) in [6.07, 6.45) is 0. The van der Waals surface area contributed by atoms with E-state index in [2.05, 4.69) is 22.0 Å². The molecular formula is C6H4BrNS. The van der Waals surface area contributed by atoms with E-state index in [4.69, 9.17) is 5.26 Å². The summed E-state index contributed by atoms with van der Waals surface area (Å²) in [6.45, 7) is 1.93. The van der Waals surface area contributed by atoms with Gasteiger partial charge in [0.05, 0.1) is 9.35 Å². The first-order valence-electron chi connectivity index (χ1n) is 2.39. The zero-order valence-electron chi connectivity index (χ0n) is 4.81. The van der Waals surface area contributed by atoms with Gasteiger partial charge in [-0.3, -0.25) is 0 Å². The second kappa shape index (κ2) is 2.51. The van der Waals surface area contributed by atoms with E-state index in [9.17, 15) is 0 Å². The van der Waals surface area contributed by atoms with E-state index in [1.807, 2.05) is 12.3 Å². The molecular weight excluding hydrogens is 198 g/mol. The SMILES string of the molecule is Cc1csc(Br)c1C#N. The first kappa shape index (κ1) is 6.79. The van der Waals surface area contributed by atoms with Crippen molar-refractivity contribution in [2.75, 3.05) is 0 Å². The number of aryl methyl sites for hydroxylation is 1. The summed E-state index contributed by atoms with van der Waals surface area (Å²) < 4.78 is 0.933.